The van der Waals surface area contributed by atoms with Gasteiger partial charge in [-0.3, -0.25) is 4.79 Å². The predicted octanol–water partition coefficient (Wildman–Crippen LogP) is 3.73. The molecule has 0 unspecified atom stereocenters. The van der Waals surface area contributed by atoms with Gasteiger partial charge in [-0.2, -0.15) is 8.78 Å². The Bertz CT molecular complexity index is 568. The zero-order valence-corrected chi connectivity index (χ0v) is 13.7. The Morgan fingerprint density at radius 1 is 1.38 bits per heavy atom. The smallest absolute Gasteiger partial charge is 0.378 e. The summed E-state index contributed by atoms with van der Waals surface area (Å²) in [7, 11) is 0. The summed E-state index contributed by atoms with van der Waals surface area (Å²) in [5, 5.41) is 2.27. The quantitative estimate of drug-likeness (QED) is 0.638. The number of esters is 1. The summed E-state index contributed by atoms with van der Waals surface area (Å²) in [6.07, 6.45) is 3.39. The number of alkyl halides is 3. The highest BCUT2D eigenvalue weighted by atomic mass is 79.9. The van der Waals surface area contributed by atoms with Crippen molar-refractivity contribution in [2.75, 3.05) is 11.9 Å². The molecule has 0 aromatic carbocycles. The van der Waals surface area contributed by atoms with Gasteiger partial charge in [0.1, 0.15) is 5.00 Å². The minimum absolute atomic E-state index is 0.143. The first-order chi connectivity index (χ1) is 9.84. The molecule has 0 fully saturated rings. The number of carbonyl (C=O) groups is 2. The van der Waals surface area contributed by atoms with Gasteiger partial charge in [0.05, 0.1) is 12.2 Å². The molecule has 2 rings (SSSR count). The predicted molar refractivity (Wildman–Crippen MR) is 79.4 cm³/mol. The molecule has 116 valence electrons. The lowest BCUT2D eigenvalue weighted by atomic mass is 9.95. The maximum absolute atomic E-state index is 13.0. The van der Waals surface area contributed by atoms with Gasteiger partial charge in [0.25, 0.3) is 0 Å². The number of nitrogens with one attached hydrogen (secondary N) is 1. The number of carbonyl (C=O) groups excluding carboxylic acids is 2. The minimum atomic E-state index is -3.68. The molecule has 1 N–H and O–H groups in total. The third-order valence-electron chi connectivity index (χ3n) is 3.14. The first kappa shape index (κ1) is 16.4. The largest absolute Gasteiger partial charge is 0.462 e. The van der Waals surface area contributed by atoms with Crippen molar-refractivity contribution in [2.24, 2.45) is 0 Å². The molecule has 0 bridgehead atoms. The van der Waals surface area contributed by atoms with Gasteiger partial charge in [0, 0.05) is 20.8 Å². The molecule has 0 radical (unpaired) electrons. The lowest BCUT2D eigenvalue weighted by molar-refractivity contribution is -0.128. The second-order valence-electron chi connectivity index (χ2n) is 4.59. The van der Waals surface area contributed by atoms with Gasteiger partial charge in [-0.05, 0) is 38.2 Å². The van der Waals surface area contributed by atoms with Crippen molar-refractivity contribution in [2.45, 2.75) is 37.4 Å². The van der Waals surface area contributed by atoms with E-state index in [1.807, 2.05) is 15.9 Å². The maximum Gasteiger partial charge on any atom is 0.378 e. The van der Waals surface area contributed by atoms with Gasteiger partial charge in [-0.15, -0.1) is 11.3 Å². The van der Waals surface area contributed by atoms with Crippen molar-refractivity contribution in [3.05, 3.63) is 16.0 Å². The molecule has 0 saturated carbocycles. The van der Waals surface area contributed by atoms with Gasteiger partial charge >= 0.3 is 16.7 Å². The lowest BCUT2D eigenvalue weighted by Gasteiger charge is -2.12. The van der Waals surface area contributed by atoms with Crippen LogP contribution in [0.25, 0.3) is 0 Å². The van der Waals surface area contributed by atoms with E-state index < -0.39 is 16.7 Å². The lowest BCUT2D eigenvalue weighted by Crippen LogP contribution is -2.28. The molecule has 1 heterocycles. The number of thiophene rings is 1. The van der Waals surface area contributed by atoms with Crippen LogP contribution in [-0.4, -0.2) is 23.3 Å². The van der Waals surface area contributed by atoms with Crippen LogP contribution in [0.4, 0.5) is 13.8 Å². The van der Waals surface area contributed by atoms with E-state index in [1.165, 1.54) is 11.3 Å². The van der Waals surface area contributed by atoms with Crippen LogP contribution in [-0.2, 0) is 22.4 Å². The highest BCUT2D eigenvalue weighted by molar-refractivity contribution is 9.10. The van der Waals surface area contributed by atoms with E-state index in [4.69, 9.17) is 4.74 Å². The standard InChI is InChI=1S/C13H14BrF2NO3S/c1-2-20-11(18)9-7-5-3-4-6-8(7)21-10(9)17-12(19)13(14,15)16/h2-6H2,1H3,(H,17,19). The summed E-state index contributed by atoms with van der Waals surface area (Å²) < 4.78 is 30.9. The van der Waals surface area contributed by atoms with Gasteiger partial charge < -0.3 is 10.1 Å². The molecule has 0 aliphatic heterocycles. The van der Waals surface area contributed by atoms with Crippen molar-refractivity contribution < 1.29 is 23.1 Å². The molecule has 1 amide bonds. The van der Waals surface area contributed by atoms with E-state index in [2.05, 4.69) is 5.32 Å². The third kappa shape index (κ3) is 3.60. The Morgan fingerprint density at radius 3 is 2.67 bits per heavy atom. The van der Waals surface area contributed by atoms with Gasteiger partial charge in [0.2, 0.25) is 0 Å². The van der Waals surface area contributed by atoms with Crippen molar-refractivity contribution >= 4 is 44.1 Å². The monoisotopic (exact) mass is 381 g/mol. The number of anilines is 1. The fraction of sp³-hybridized carbons (Fsp3) is 0.538. The van der Waals surface area contributed by atoms with Crippen LogP contribution in [0.1, 0.15) is 40.6 Å². The summed E-state index contributed by atoms with van der Waals surface area (Å²) in [5.74, 6) is -2.07. The van der Waals surface area contributed by atoms with Gasteiger partial charge in [-0.25, -0.2) is 4.79 Å². The van der Waals surface area contributed by atoms with E-state index in [1.54, 1.807) is 6.92 Å². The fourth-order valence-corrected chi connectivity index (χ4v) is 3.62. The van der Waals surface area contributed by atoms with Crippen LogP contribution in [0.5, 0.6) is 0 Å². The van der Waals surface area contributed by atoms with E-state index in [9.17, 15) is 18.4 Å². The van der Waals surface area contributed by atoms with Crippen molar-refractivity contribution in [3.8, 4) is 0 Å². The summed E-state index contributed by atoms with van der Waals surface area (Å²) in [6, 6.07) is 0. The number of hydrogen-bond acceptors (Lipinski definition) is 4. The summed E-state index contributed by atoms with van der Waals surface area (Å²) in [4.78, 5) is 20.8. The molecule has 0 spiro atoms. The second-order valence-corrected chi connectivity index (χ2v) is 6.69. The number of halogens is 3. The Labute approximate surface area is 133 Å². The molecule has 4 nitrogen and oxygen atoms in total. The van der Waals surface area contributed by atoms with Crippen molar-refractivity contribution in [3.63, 3.8) is 0 Å². The Hall–Kier alpha value is -1.02. The first-order valence-corrected chi connectivity index (χ1v) is 8.15. The SMILES string of the molecule is CCOC(=O)c1c(NC(=O)C(F)(F)Br)sc2c1CCCC2. The van der Waals surface area contributed by atoms with Crippen molar-refractivity contribution in [1.29, 1.82) is 0 Å². The molecular formula is C13H14BrF2NO3S. The Balaban J connectivity index is 2.38. The number of rotatable bonds is 4. The number of hydrogen-bond donors (Lipinski definition) is 1. The van der Waals surface area contributed by atoms with E-state index in [0.717, 1.165) is 29.7 Å². The van der Waals surface area contributed by atoms with Crippen LogP contribution in [0.3, 0.4) is 0 Å². The van der Waals surface area contributed by atoms with Gasteiger partial charge in [-0.1, -0.05) is 0 Å². The zero-order chi connectivity index (χ0) is 15.6. The fourth-order valence-electron chi connectivity index (χ4n) is 2.25. The molecule has 0 atom stereocenters. The van der Waals surface area contributed by atoms with Crippen LogP contribution in [0.2, 0.25) is 0 Å². The molecule has 8 heteroatoms. The average molecular weight is 382 g/mol. The van der Waals surface area contributed by atoms with Crippen LogP contribution >= 0.6 is 27.3 Å². The topological polar surface area (TPSA) is 55.4 Å². The van der Waals surface area contributed by atoms with Crippen LogP contribution in [0.15, 0.2) is 0 Å². The molecular weight excluding hydrogens is 368 g/mol. The zero-order valence-electron chi connectivity index (χ0n) is 11.3. The maximum atomic E-state index is 13.0. The molecule has 1 aromatic rings. The molecule has 1 aliphatic carbocycles. The number of aryl methyl sites for hydroxylation is 1. The first-order valence-electron chi connectivity index (χ1n) is 6.54. The number of amides is 1. The van der Waals surface area contributed by atoms with E-state index >= 15 is 0 Å². The molecule has 1 aromatic heterocycles. The summed E-state index contributed by atoms with van der Waals surface area (Å²) in [5.41, 5.74) is 1.04. The van der Waals surface area contributed by atoms with Crippen LogP contribution in [0, 0.1) is 0 Å². The number of fused-ring (bicyclic) bond motifs is 1. The highest BCUT2D eigenvalue weighted by Crippen LogP contribution is 2.39. The van der Waals surface area contributed by atoms with Gasteiger partial charge in [0.15, 0.2) is 0 Å². The average Bonchev–Trinajstić information content (AvgIpc) is 2.75. The molecule has 1 aliphatic rings. The summed E-state index contributed by atoms with van der Waals surface area (Å²) >= 11 is 3.18. The molecule has 0 saturated heterocycles. The summed E-state index contributed by atoms with van der Waals surface area (Å²) in [6.45, 7) is 1.85. The molecule has 21 heavy (non-hydrogen) atoms. The Kier molecular flexibility index (Phi) is 4.98. The van der Waals surface area contributed by atoms with E-state index in [0.29, 0.717) is 6.42 Å². The van der Waals surface area contributed by atoms with E-state index in [-0.39, 0.29) is 17.2 Å². The Morgan fingerprint density at radius 2 is 2.05 bits per heavy atom. The highest BCUT2D eigenvalue weighted by Gasteiger charge is 2.37. The second kappa shape index (κ2) is 6.39. The van der Waals surface area contributed by atoms with Crippen molar-refractivity contribution in [1.82, 2.24) is 0 Å². The normalized spacial score (nSPS) is 14.5. The number of ether oxygens (including phenoxy) is 1. The third-order valence-corrected chi connectivity index (χ3v) is 4.70. The van der Waals surface area contributed by atoms with Crippen LogP contribution < -0.4 is 5.32 Å². The minimum Gasteiger partial charge on any atom is -0.462 e.